The molecule has 54 heavy (non-hydrogen) atoms. The minimum absolute atomic E-state index is 0.884. The molecular weight excluding hydrogens is 655 g/mol. The Hall–Kier alpha value is -7.16. The van der Waals surface area contributed by atoms with E-state index in [0.29, 0.717) is 0 Å². The molecule has 0 unspecified atom stereocenters. The lowest BCUT2D eigenvalue weighted by Crippen LogP contribution is -2.11. The lowest BCUT2D eigenvalue weighted by Gasteiger charge is -2.28. The van der Waals surface area contributed by atoms with Gasteiger partial charge in [0.15, 0.2) is 0 Å². The summed E-state index contributed by atoms with van der Waals surface area (Å²) in [5, 5.41) is 11.9. The predicted molar refractivity (Wildman–Crippen MR) is 229 cm³/mol. The zero-order valence-corrected chi connectivity index (χ0v) is 29.4. The van der Waals surface area contributed by atoms with Gasteiger partial charge in [-0.05, 0) is 84.9 Å². The second kappa shape index (κ2) is 12.2. The second-order valence-corrected chi connectivity index (χ2v) is 14.0. The van der Waals surface area contributed by atoms with Crippen LogP contribution >= 0.6 is 0 Å². The Bertz CT molecular complexity index is 3210. The summed E-state index contributed by atoms with van der Waals surface area (Å²) >= 11 is 0. The SMILES string of the molecule is c1ccc(-c2c(-c3ccc(N(c4cccc5ccccc45)c4cc5ccccc5c5oc6ccccc6c45)cc3)c3ccccc3c3ccccc23)cc1. The second-order valence-electron chi connectivity index (χ2n) is 14.0. The maximum atomic E-state index is 6.70. The summed E-state index contributed by atoms with van der Waals surface area (Å²) in [6.07, 6.45) is 0. The van der Waals surface area contributed by atoms with E-state index in [1.807, 2.05) is 6.07 Å². The smallest absolute Gasteiger partial charge is 0.145 e. The van der Waals surface area contributed by atoms with Crippen molar-refractivity contribution in [2.24, 2.45) is 0 Å². The first-order valence-corrected chi connectivity index (χ1v) is 18.5. The number of rotatable bonds is 5. The van der Waals surface area contributed by atoms with Gasteiger partial charge in [-0.1, -0.05) is 170 Å². The van der Waals surface area contributed by atoms with Crippen LogP contribution in [0.15, 0.2) is 205 Å². The van der Waals surface area contributed by atoms with E-state index in [1.165, 1.54) is 54.6 Å². The van der Waals surface area contributed by atoms with Gasteiger partial charge in [0.05, 0.1) is 16.8 Å². The first-order valence-electron chi connectivity index (χ1n) is 18.5. The molecule has 0 amide bonds. The van der Waals surface area contributed by atoms with E-state index in [1.54, 1.807) is 0 Å². The molecule has 0 aliphatic rings. The van der Waals surface area contributed by atoms with Gasteiger partial charge >= 0.3 is 0 Å². The van der Waals surface area contributed by atoms with Gasteiger partial charge in [0.2, 0.25) is 0 Å². The van der Waals surface area contributed by atoms with Crippen LogP contribution < -0.4 is 4.90 Å². The average Bonchev–Trinajstić information content (AvgIpc) is 3.64. The highest BCUT2D eigenvalue weighted by Crippen LogP contribution is 2.49. The van der Waals surface area contributed by atoms with Crippen LogP contribution in [0.1, 0.15) is 0 Å². The first kappa shape index (κ1) is 30.5. The number of benzene rings is 10. The van der Waals surface area contributed by atoms with Crippen molar-refractivity contribution < 1.29 is 4.42 Å². The predicted octanol–water partition coefficient (Wildman–Crippen LogP) is 15.0. The number of para-hydroxylation sites is 1. The molecule has 10 aromatic carbocycles. The topological polar surface area (TPSA) is 16.4 Å². The molecule has 2 heteroatoms. The molecule has 0 saturated heterocycles. The molecule has 0 spiro atoms. The largest absolute Gasteiger partial charge is 0.455 e. The number of anilines is 3. The molecule has 0 aliphatic carbocycles. The molecule has 0 saturated carbocycles. The number of hydrogen-bond donors (Lipinski definition) is 0. The molecule has 0 bridgehead atoms. The highest BCUT2D eigenvalue weighted by Gasteiger charge is 2.24. The van der Waals surface area contributed by atoms with Crippen LogP contribution in [0.25, 0.3) is 87.3 Å². The Kier molecular flexibility index (Phi) is 6.90. The molecule has 0 fully saturated rings. The Balaban J connectivity index is 1.20. The van der Waals surface area contributed by atoms with Crippen molar-refractivity contribution in [3.63, 3.8) is 0 Å². The summed E-state index contributed by atoms with van der Waals surface area (Å²) in [5.41, 5.74) is 9.94. The van der Waals surface area contributed by atoms with Crippen LogP contribution in [0.2, 0.25) is 0 Å². The van der Waals surface area contributed by atoms with Gasteiger partial charge in [0, 0.05) is 21.8 Å². The quantitative estimate of drug-likeness (QED) is 0.168. The van der Waals surface area contributed by atoms with E-state index in [9.17, 15) is 0 Å². The number of furan rings is 1. The highest BCUT2D eigenvalue weighted by atomic mass is 16.3. The average molecular weight is 688 g/mol. The van der Waals surface area contributed by atoms with Crippen molar-refractivity contribution in [2.75, 3.05) is 4.90 Å². The van der Waals surface area contributed by atoms with E-state index in [-0.39, 0.29) is 0 Å². The monoisotopic (exact) mass is 687 g/mol. The van der Waals surface area contributed by atoms with E-state index in [2.05, 4.69) is 199 Å². The number of hydrogen-bond acceptors (Lipinski definition) is 2. The molecule has 11 rings (SSSR count). The minimum Gasteiger partial charge on any atom is -0.455 e. The molecule has 0 atom stereocenters. The van der Waals surface area contributed by atoms with Crippen LogP contribution in [0.3, 0.4) is 0 Å². The van der Waals surface area contributed by atoms with Gasteiger partial charge < -0.3 is 9.32 Å². The molecule has 0 N–H and O–H groups in total. The maximum Gasteiger partial charge on any atom is 0.145 e. The molecule has 2 nitrogen and oxygen atoms in total. The molecule has 252 valence electrons. The fourth-order valence-electron chi connectivity index (χ4n) is 8.65. The molecule has 0 radical (unpaired) electrons. The summed E-state index contributed by atoms with van der Waals surface area (Å²) in [5.74, 6) is 0. The molecule has 0 aliphatic heterocycles. The van der Waals surface area contributed by atoms with Gasteiger partial charge in [-0.25, -0.2) is 0 Å². The Morgan fingerprint density at radius 3 is 1.56 bits per heavy atom. The molecule has 1 heterocycles. The normalized spacial score (nSPS) is 11.7. The first-order chi connectivity index (χ1) is 26.8. The third-order valence-electron chi connectivity index (χ3n) is 11.0. The van der Waals surface area contributed by atoms with Crippen LogP contribution in [0.5, 0.6) is 0 Å². The number of nitrogens with zero attached hydrogens (tertiary/aromatic N) is 1. The Morgan fingerprint density at radius 2 is 0.852 bits per heavy atom. The lowest BCUT2D eigenvalue weighted by atomic mass is 9.85. The summed E-state index contributed by atoms with van der Waals surface area (Å²) in [7, 11) is 0. The lowest BCUT2D eigenvalue weighted by molar-refractivity contribution is 0.672. The summed E-state index contributed by atoms with van der Waals surface area (Å²) < 4.78 is 6.70. The van der Waals surface area contributed by atoms with E-state index in [0.717, 1.165) is 49.8 Å². The Morgan fingerprint density at radius 1 is 0.333 bits per heavy atom. The van der Waals surface area contributed by atoms with Gasteiger partial charge in [-0.3, -0.25) is 0 Å². The van der Waals surface area contributed by atoms with Gasteiger partial charge in [0.1, 0.15) is 11.2 Å². The molecular formula is C52H33NO. The van der Waals surface area contributed by atoms with Crippen LogP contribution in [0.4, 0.5) is 17.1 Å². The van der Waals surface area contributed by atoms with Crippen molar-refractivity contribution in [3.05, 3.63) is 200 Å². The van der Waals surface area contributed by atoms with Crippen molar-refractivity contribution in [3.8, 4) is 22.3 Å². The highest BCUT2D eigenvalue weighted by molar-refractivity contribution is 6.23. The summed E-state index contributed by atoms with van der Waals surface area (Å²) in [6, 6.07) is 72.2. The molecule has 11 aromatic rings. The van der Waals surface area contributed by atoms with Crippen molar-refractivity contribution >= 4 is 82.1 Å². The van der Waals surface area contributed by atoms with Crippen molar-refractivity contribution in [2.45, 2.75) is 0 Å². The van der Waals surface area contributed by atoms with Crippen LogP contribution in [0, 0.1) is 0 Å². The zero-order chi connectivity index (χ0) is 35.6. The Labute approximate surface area is 312 Å². The van der Waals surface area contributed by atoms with Crippen molar-refractivity contribution in [1.82, 2.24) is 0 Å². The van der Waals surface area contributed by atoms with Crippen LogP contribution in [-0.2, 0) is 0 Å². The van der Waals surface area contributed by atoms with Crippen LogP contribution in [-0.4, -0.2) is 0 Å². The van der Waals surface area contributed by atoms with E-state index >= 15 is 0 Å². The fourth-order valence-corrected chi connectivity index (χ4v) is 8.65. The van der Waals surface area contributed by atoms with Gasteiger partial charge in [-0.15, -0.1) is 0 Å². The summed E-state index contributed by atoms with van der Waals surface area (Å²) in [4.78, 5) is 2.43. The van der Waals surface area contributed by atoms with Gasteiger partial charge in [0.25, 0.3) is 0 Å². The van der Waals surface area contributed by atoms with Crippen molar-refractivity contribution in [1.29, 1.82) is 0 Å². The van der Waals surface area contributed by atoms with E-state index in [4.69, 9.17) is 4.42 Å². The third kappa shape index (κ3) is 4.67. The maximum absolute atomic E-state index is 6.70. The third-order valence-corrected chi connectivity index (χ3v) is 11.0. The van der Waals surface area contributed by atoms with Gasteiger partial charge in [-0.2, -0.15) is 0 Å². The zero-order valence-electron chi connectivity index (χ0n) is 29.4. The fraction of sp³-hybridized carbons (Fsp3) is 0. The molecule has 1 aromatic heterocycles. The summed E-state index contributed by atoms with van der Waals surface area (Å²) in [6.45, 7) is 0. The minimum atomic E-state index is 0.884. The standard InChI is InChI=1S/C52H33NO/c1-2-16-35(17-3-1)49-43-24-10-8-22-41(43)42-23-9-11-25-44(42)50(49)36-29-31-38(32-30-36)53(46-27-14-19-34-15-4-6-20-39(34)46)47-33-37-18-5-7-21-40(37)52-51(47)45-26-12-13-28-48(45)54-52/h1-33H. The number of fused-ring (bicyclic) bond motifs is 9. The van der Waals surface area contributed by atoms with E-state index < -0.39 is 0 Å².